The van der Waals surface area contributed by atoms with E-state index in [1.165, 1.54) is 37.2 Å². The molecule has 0 bridgehead atoms. The first kappa shape index (κ1) is 15.8. The first-order valence-corrected chi connectivity index (χ1v) is 9.19. The topological polar surface area (TPSA) is 85.4 Å². The van der Waals surface area contributed by atoms with Crippen LogP contribution in [0.2, 0.25) is 0 Å². The van der Waals surface area contributed by atoms with Gasteiger partial charge in [0.15, 0.2) is 0 Å². The number of thiophene rings is 1. The lowest BCUT2D eigenvalue weighted by atomic mass is 10.4. The average Bonchev–Trinajstić information content (AvgIpc) is 2.97. The van der Waals surface area contributed by atoms with Crippen molar-refractivity contribution in [3.05, 3.63) is 35.3 Å². The minimum absolute atomic E-state index is 0.0387. The normalized spacial score (nSPS) is 11.1. The number of carbonyl (C=O) groups is 1. The summed E-state index contributed by atoms with van der Waals surface area (Å²) < 4.78 is 31.4. The van der Waals surface area contributed by atoms with Crippen molar-refractivity contribution in [2.75, 3.05) is 18.1 Å². The lowest BCUT2D eigenvalue weighted by Crippen LogP contribution is -2.11. The number of hydrogen-bond acceptors (Lipinski definition) is 7. The van der Waals surface area contributed by atoms with Crippen molar-refractivity contribution in [1.82, 2.24) is 4.98 Å². The summed E-state index contributed by atoms with van der Waals surface area (Å²) in [6, 6.07) is 6.13. The lowest BCUT2D eigenvalue weighted by Gasteiger charge is -2.06. The standard InChI is InChI=1S/C12H12N2O4S3/c1-18-12(15)9-4-6-11(20-9)21(16,17)14-8-3-5-10(19-2)13-7-8/h3-7,14H,1-2H3. The zero-order valence-electron chi connectivity index (χ0n) is 11.2. The highest BCUT2D eigenvalue weighted by molar-refractivity contribution is 7.98. The Balaban J connectivity index is 2.21. The van der Waals surface area contributed by atoms with Gasteiger partial charge in [-0.2, -0.15) is 0 Å². The summed E-state index contributed by atoms with van der Waals surface area (Å²) in [5, 5.41) is 0.794. The molecular weight excluding hydrogens is 332 g/mol. The quantitative estimate of drug-likeness (QED) is 0.662. The molecule has 21 heavy (non-hydrogen) atoms. The molecule has 0 aliphatic carbocycles. The highest BCUT2D eigenvalue weighted by atomic mass is 32.2. The molecule has 1 N–H and O–H groups in total. The molecule has 0 amide bonds. The zero-order chi connectivity index (χ0) is 15.5. The summed E-state index contributed by atoms with van der Waals surface area (Å²) in [5.74, 6) is -0.563. The summed E-state index contributed by atoms with van der Waals surface area (Å²) in [6.07, 6.45) is 3.32. The second kappa shape index (κ2) is 6.46. The monoisotopic (exact) mass is 344 g/mol. The summed E-state index contributed by atoms with van der Waals surface area (Å²) >= 11 is 2.31. The van der Waals surface area contributed by atoms with Crippen LogP contribution in [0.4, 0.5) is 5.69 Å². The number of thioether (sulfide) groups is 1. The Labute approximate surface area is 130 Å². The van der Waals surface area contributed by atoms with Crippen LogP contribution in [0.25, 0.3) is 0 Å². The number of hydrogen-bond donors (Lipinski definition) is 1. The molecule has 0 aliphatic heterocycles. The van der Waals surface area contributed by atoms with Crippen LogP contribution in [0.3, 0.4) is 0 Å². The molecule has 112 valence electrons. The third-order valence-electron chi connectivity index (χ3n) is 2.43. The number of nitrogens with one attached hydrogen (secondary N) is 1. The molecule has 0 fully saturated rings. The van der Waals surface area contributed by atoms with Gasteiger partial charge in [0.25, 0.3) is 10.0 Å². The Kier molecular flexibility index (Phi) is 4.86. The number of carbonyl (C=O) groups excluding carboxylic acids is 1. The predicted molar refractivity (Wildman–Crippen MR) is 82.5 cm³/mol. The summed E-state index contributed by atoms with van der Waals surface area (Å²) in [6.45, 7) is 0. The molecule has 0 atom stereocenters. The average molecular weight is 344 g/mol. The van der Waals surface area contributed by atoms with Crippen LogP contribution in [0.5, 0.6) is 0 Å². The molecule has 2 rings (SSSR count). The first-order valence-electron chi connectivity index (χ1n) is 5.67. The van der Waals surface area contributed by atoms with Crippen LogP contribution in [0.1, 0.15) is 9.67 Å². The molecule has 0 spiro atoms. The van der Waals surface area contributed by atoms with Gasteiger partial charge in [0.1, 0.15) is 9.09 Å². The van der Waals surface area contributed by atoms with E-state index in [-0.39, 0.29) is 9.09 Å². The Morgan fingerprint density at radius 2 is 2.10 bits per heavy atom. The van der Waals surface area contributed by atoms with E-state index in [0.717, 1.165) is 16.4 Å². The number of pyridine rings is 1. The third kappa shape index (κ3) is 3.74. The van der Waals surface area contributed by atoms with Gasteiger partial charge in [0, 0.05) is 0 Å². The molecule has 0 aliphatic rings. The number of aromatic nitrogens is 1. The molecule has 0 saturated carbocycles. The molecule has 0 unspecified atom stereocenters. The van der Waals surface area contributed by atoms with Gasteiger partial charge in [0.05, 0.1) is 24.0 Å². The van der Waals surface area contributed by atoms with E-state index in [1.807, 2.05) is 6.26 Å². The van der Waals surface area contributed by atoms with Gasteiger partial charge in [-0.05, 0) is 30.5 Å². The Hall–Kier alpha value is -1.58. The number of nitrogens with zero attached hydrogens (tertiary/aromatic N) is 1. The van der Waals surface area contributed by atoms with Crippen LogP contribution >= 0.6 is 23.1 Å². The van der Waals surface area contributed by atoms with Crippen LogP contribution in [0.15, 0.2) is 39.7 Å². The van der Waals surface area contributed by atoms with Crippen molar-refractivity contribution in [3.63, 3.8) is 0 Å². The maximum atomic E-state index is 12.2. The smallest absolute Gasteiger partial charge is 0.348 e. The van der Waals surface area contributed by atoms with E-state index in [1.54, 1.807) is 12.1 Å². The molecule has 9 heteroatoms. The van der Waals surface area contributed by atoms with Gasteiger partial charge in [-0.15, -0.1) is 23.1 Å². The molecular formula is C12H12N2O4S3. The van der Waals surface area contributed by atoms with Crippen molar-refractivity contribution in [1.29, 1.82) is 0 Å². The minimum Gasteiger partial charge on any atom is -0.465 e. The lowest BCUT2D eigenvalue weighted by molar-refractivity contribution is 0.0606. The van der Waals surface area contributed by atoms with Crippen molar-refractivity contribution in [2.45, 2.75) is 9.24 Å². The van der Waals surface area contributed by atoms with Crippen LogP contribution in [-0.2, 0) is 14.8 Å². The molecule has 2 aromatic heterocycles. The second-order valence-corrected chi connectivity index (χ2v) is 7.62. The van der Waals surface area contributed by atoms with E-state index in [2.05, 4.69) is 14.4 Å². The molecule has 0 saturated heterocycles. The maximum absolute atomic E-state index is 12.2. The molecule has 2 aromatic rings. The number of sulfonamides is 1. The molecule has 0 radical (unpaired) electrons. The fraction of sp³-hybridized carbons (Fsp3) is 0.167. The number of methoxy groups -OCH3 is 1. The largest absolute Gasteiger partial charge is 0.465 e. The summed E-state index contributed by atoms with van der Waals surface area (Å²) in [4.78, 5) is 15.7. The summed E-state index contributed by atoms with van der Waals surface area (Å²) in [7, 11) is -2.50. The number of anilines is 1. The maximum Gasteiger partial charge on any atom is 0.348 e. The predicted octanol–water partition coefficient (Wildman–Crippen LogP) is 2.45. The number of rotatable bonds is 5. The van der Waals surface area contributed by atoms with Gasteiger partial charge in [-0.1, -0.05) is 0 Å². The highest BCUT2D eigenvalue weighted by Gasteiger charge is 2.19. The molecule has 0 aromatic carbocycles. The minimum atomic E-state index is -3.74. The zero-order valence-corrected chi connectivity index (χ0v) is 13.6. The fourth-order valence-electron chi connectivity index (χ4n) is 1.44. The molecule has 2 heterocycles. The van der Waals surface area contributed by atoms with E-state index in [9.17, 15) is 13.2 Å². The van der Waals surface area contributed by atoms with Gasteiger partial charge < -0.3 is 4.74 Å². The van der Waals surface area contributed by atoms with E-state index in [0.29, 0.717) is 5.69 Å². The van der Waals surface area contributed by atoms with Gasteiger partial charge >= 0.3 is 5.97 Å². The second-order valence-electron chi connectivity index (χ2n) is 3.80. The van der Waals surface area contributed by atoms with E-state index < -0.39 is 16.0 Å². The summed E-state index contributed by atoms with van der Waals surface area (Å²) in [5.41, 5.74) is 0.362. The van der Waals surface area contributed by atoms with Crippen molar-refractivity contribution in [2.24, 2.45) is 0 Å². The van der Waals surface area contributed by atoms with Gasteiger partial charge in [-0.25, -0.2) is 18.2 Å². The fourth-order valence-corrected chi connectivity index (χ4v) is 4.07. The Bertz CT molecular complexity index is 738. The Morgan fingerprint density at radius 3 is 2.67 bits per heavy atom. The SMILES string of the molecule is COC(=O)c1ccc(S(=O)(=O)Nc2ccc(SC)nc2)s1. The van der Waals surface area contributed by atoms with Crippen LogP contribution in [-0.4, -0.2) is 32.7 Å². The van der Waals surface area contributed by atoms with Gasteiger partial charge in [-0.3, -0.25) is 4.72 Å². The highest BCUT2D eigenvalue weighted by Crippen LogP contribution is 2.24. The van der Waals surface area contributed by atoms with E-state index in [4.69, 9.17) is 0 Å². The van der Waals surface area contributed by atoms with Crippen molar-refractivity contribution >= 4 is 44.8 Å². The Morgan fingerprint density at radius 1 is 1.33 bits per heavy atom. The van der Waals surface area contributed by atoms with Crippen molar-refractivity contribution in [3.8, 4) is 0 Å². The van der Waals surface area contributed by atoms with Crippen molar-refractivity contribution < 1.29 is 17.9 Å². The van der Waals surface area contributed by atoms with E-state index >= 15 is 0 Å². The van der Waals surface area contributed by atoms with Crippen LogP contribution < -0.4 is 4.72 Å². The number of esters is 1. The third-order valence-corrected chi connectivity index (χ3v) is 6.03. The first-order chi connectivity index (χ1) is 9.96. The van der Waals surface area contributed by atoms with Gasteiger partial charge in [0.2, 0.25) is 0 Å². The molecule has 6 nitrogen and oxygen atoms in total. The van der Waals surface area contributed by atoms with Crippen LogP contribution in [0, 0.1) is 0 Å². The number of ether oxygens (including phenoxy) is 1.